The second-order valence-electron chi connectivity index (χ2n) is 10.1. The molecule has 4 aromatic rings. The first-order chi connectivity index (χ1) is 19.5. The van der Waals surface area contributed by atoms with Crippen molar-refractivity contribution in [3.05, 3.63) is 84.1 Å². The third kappa shape index (κ3) is 6.18. The van der Waals surface area contributed by atoms with Crippen LogP contribution in [0.3, 0.4) is 0 Å². The zero-order chi connectivity index (χ0) is 29.3. The lowest BCUT2D eigenvalue weighted by molar-refractivity contribution is -0.136. The van der Waals surface area contributed by atoms with E-state index in [1.165, 1.54) is 63.6 Å². The highest BCUT2D eigenvalue weighted by atomic mass is 32.2. The molecule has 0 spiro atoms. The molecule has 2 heterocycles. The summed E-state index contributed by atoms with van der Waals surface area (Å²) >= 11 is 0. The van der Waals surface area contributed by atoms with Gasteiger partial charge < -0.3 is 14.6 Å². The number of sulfonamides is 1. The average Bonchev–Trinajstić information content (AvgIpc) is 3.50. The normalized spacial score (nSPS) is 17.8. The summed E-state index contributed by atoms with van der Waals surface area (Å²) in [4.78, 5) is 11.5. The van der Waals surface area contributed by atoms with Gasteiger partial charge in [-0.15, -0.1) is 0 Å². The van der Waals surface area contributed by atoms with E-state index in [-0.39, 0.29) is 42.7 Å². The van der Waals surface area contributed by atoms with Crippen LogP contribution in [0, 0.1) is 11.6 Å². The van der Waals surface area contributed by atoms with Gasteiger partial charge in [0.05, 0.1) is 40.7 Å². The number of hydrogen-bond acceptors (Lipinski definition) is 6. The second-order valence-corrected chi connectivity index (χ2v) is 12.0. The van der Waals surface area contributed by atoms with Crippen LogP contribution in [-0.2, 0) is 21.2 Å². The number of benzene rings is 3. The first-order valence-corrected chi connectivity index (χ1v) is 14.5. The fourth-order valence-corrected chi connectivity index (χ4v) is 6.69. The summed E-state index contributed by atoms with van der Waals surface area (Å²) in [5.74, 6) is -1.14. The van der Waals surface area contributed by atoms with Crippen LogP contribution in [0.25, 0.3) is 10.9 Å². The molecule has 0 unspecified atom stereocenters. The van der Waals surface area contributed by atoms with Gasteiger partial charge in [0.1, 0.15) is 29.7 Å². The van der Waals surface area contributed by atoms with Crippen molar-refractivity contribution in [1.29, 1.82) is 0 Å². The van der Waals surface area contributed by atoms with E-state index in [1.807, 2.05) is 13.8 Å². The SMILES string of the molecule is CC(C)Oc1ccc(S(=O)(=O)N2C[C@H](n3nc(CC(=O)O)c4ccc(F)cc43)C[C@@H]2COc2ccc(F)cc2)cc1. The quantitative estimate of drug-likeness (QED) is 0.284. The lowest BCUT2D eigenvalue weighted by Gasteiger charge is -2.24. The zero-order valence-electron chi connectivity index (χ0n) is 22.4. The van der Waals surface area contributed by atoms with E-state index in [0.29, 0.717) is 22.4 Å². The first kappa shape index (κ1) is 28.5. The molecule has 1 aromatic heterocycles. The summed E-state index contributed by atoms with van der Waals surface area (Å²) in [7, 11) is -4.03. The van der Waals surface area contributed by atoms with Gasteiger partial charge in [0.2, 0.25) is 10.0 Å². The zero-order valence-corrected chi connectivity index (χ0v) is 23.2. The molecule has 0 radical (unpaired) electrons. The van der Waals surface area contributed by atoms with Crippen molar-refractivity contribution in [1.82, 2.24) is 14.1 Å². The highest BCUT2D eigenvalue weighted by Crippen LogP contribution is 2.36. The summed E-state index contributed by atoms with van der Waals surface area (Å²) in [6, 6.07) is 14.3. The van der Waals surface area contributed by atoms with Crippen molar-refractivity contribution in [2.75, 3.05) is 13.2 Å². The van der Waals surface area contributed by atoms with Crippen molar-refractivity contribution >= 4 is 26.9 Å². The Kier molecular flexibility index (Phi) is 7.96. The van der Waals surface area contributed by atoms with Crippen LogP contribution in [0.2, 0.25) is 0 Å². The van der Waals surface area contributed by atoms with E-state index in [4.69, 9.17) is 9.47 Å². The van der Waals surface area contributed by atoms with Gasteiger partial charge >= 0.3 is 5.97 Å². The van der Waals surface area contributed by atoms with Gasteiger partial charge in [-0.25, -0.2) is 17.2 Å². The van der Waals surface area contributed by atoms with Crippen molar-refractivity contribution < 1.29 is 36.6 Å². The van der Waals surface area contributed by atoms with Crippen LogP contribution in [-0.4, -0.2) is 58.9 Å². The molecule has 5 rings (SSSR count). The molecule has 9 nitrogen and oxygen atoms in total. The number of fused-ring (bicyclic) bond motifs is 1. The Bertz CT molecular complexity index is 1660. The minimum Gasteiger partial charge on any atom is -0.492 e. The topological polar surface area (TPSA) is 111 Å². The number of aromatic nitrogens is 2. The summed E-state index contributed by atoms with van der Waals surface area (Å²) < 4.78 is 69.8. The minimum absolute atomic E-state index is 0.0101. The molecule has 0 saturated carbocycles. The molecule has 12 heteroatoms. The van der Waals surface area contributed by atoms with Crippen LogP contribution in [0.15, 0.2) is 71.6 Å². The van der Waals surface area contributed by atoms with Gasteiger partial charge in [-0.2, -0.15) is 9.40 Å². The Morgan fingerprint density at radius 3 is 2.34 bits per heavy atom. The Morgan fingerprint density at radius 1 is 1.02 bits per heavy atom. The van der Waals surface area contributed by atoms with Crippen molar-refractivity contribution in [2.45, 2.75) is 49.8 Å². The molecular weight excluding hydrogens is 556 g/mol. The number of hydrogen-bond donors (Lipinski definition) is 1. The van der Waals surface area contributed by atoms with Crippen LogP contribution >= 0.6 is 0 Å². The van der Waals surface area contributed by atoms with Gasteiger partial charge in [-0.1, -0.05) is 0 Å². The predicted molar refractivity (Wildman–Crippen MR) is 146 cm³/mol. The summed E-state index contributed by atoms with van der Waals surface area (Å²) in [6.07, 6.45) is -0.190. The summed E-state index contributed by atoms with van der Waals surface area (Å²) in [6.45, 7) is 3.69. The standard InChI is InChI=1S/C29H29F2N3O6S/c1-18(2)40-24-8-10-25(11-9-24)41(37,38)33-16-21(14-22(33)17-39-23-6-3-19(30)4-7-23)34-28-13-20(31)5-12-26(28)27(32-34)15-29(35)36/h3-13,18,21-22H,14-17H2,1-2H3,(H,35,36)/t21-,22-/m1/s1. The molecule has 3 aromatic carbocycles. The Morgan fingerprint density at radius 2 is 1.68 bits per heavy atom. The number of carbonyl (C=O) groups is 1. The van der Waals surface area contributed by atoms with Gasteiger partial charge in [0.25, 0.3) is 0 Å². The fraction of sp³-hybridized carbons (Fsp3) is 0.310. The van der Waals surface area contributed by atoms with Gasteiger partial charge in [-0.05, 0) is 87.0 Å². The molecule has 216 valence electrons. The molecular formula is C29H29F2N3O6S. The average molecular weight is 586 g/mol. The maximum absolute atomic E-state index is 14.3. The summed E-state index contributed by atoms with van der Waals surface area (Å²) in [5.41, 5.74) is 0.632. The maximum atomic E-state index is 14.3. The van der Waals surface area contributed by atoms with E-state index in [0.717, 1.165) is 0 Å². The van der Waals surface area contributed by atoms with Crippen molar-refractivity contribution in [3.8, 4) is 11.5 Å². The van der Waals surface area contributed by atoms with E-state index in [1.54, 1.807) is 12.1 Å². The van der Waals surface area contributed by atoms with Crippen LogP contribution < -0.4 is 9.47 Å². The predicted octanol–water partition coefficient (Wildman–Crippen LogP) is 4.81. The number of carboxylic acid groups (broad SMARTS) is 1. The van der Waals surface area contributed by atoms with Crippen LogP contribution in [0.4, 0.5) is 8.78 Å². The molecule has 0 bridgehead atoms. The lowest BCUT2D eigenvalue weighted by Crippen LogP contribution is -2.39. The fourth-order valence-electron chi connectivity index (χ4n) is 5.03. The Labute approximate surface area is 236 Å². The lowest BCUT2D eigenvalue weighted by atomic mass is 10.1. The number of halogens is 2. The van der Waals surface area contributed by atoms with Gasteiger partial charge in [0.15, 0.2) is 0 Å². The molecule has 1 aliphatic heterocycles. The highest BCUT2D eigenvalue weighted by Gasteiger charge is 2.42. The van der Waals surface area contributed by atoms with Crippen LogP contribution in [0.1, 0.15) is 32.0 Å². The molecule has 1 aliphatic rings. The monoisotopic (exact) mass is 585 g/mol. The number of ether oxygens (including phenoxy) is 2. The van der Waals surface area contributed by atoms with E-state index < -0.39 is 39.7 Å². The Hall–Kier alpha value is -4.03. The van der Waals surface area contributed by atoms with Gasteiger partial charge in [-0.3, -0.25) is 9.48 Å². The van der Waals surface area contributed by atoms with Gasteiger partial charge in [0, 0.05) is 11.9 Å². The van der Waals surface area contributed by atoms with E-state index >= 15 is 0 Å². The number of carboxylic acids is 1. The van der Waals surface area contributed by atoms with Crippen LogP contribution in [0.5, 0.6) is 11.5 Å². The third-order valence-corrected chi connectivity index (χ3v) is 8.74. The minimum atomic E-state index is -4.03. The Balaban J connectivity index is 1.49. The molecule has 0 aliphatic carbocycles. The highest BCUT2D eigenvalue weighted by molar-refractivity contribution is 7.89. The molecule has 1 saturated heterocycles. The first-order valence-electron chi connectivity index (χ1n) is 13.1. The molecule has 2 atom stereocenters. The van der Waals surface area contributed by atoms with E-state index in [2.05, 4.69) is 5.10 Å². The molecule has 1 fully saturated rings. The number of nitrogens with zero attached hydrogens (tertiary/aromatic N) is 3. The molecule has 0 amide bonds. The number of aliphatic carboxylic acids is 1. The second kappa shape index (κ2) is 11.5. The summed E-state index contributed by atoms with van der Waals surface area (Å²) in [5, 5.41) is 14.3. The maximum Gasteiger partial charge on any atom is 0.309 e. The van der Waals surface area contributed by atoms with Crippen molar-refractivity contribution in [2.24, 2.45) is 0 Å². The largest absolute Gasteiger partial charge is 0.492 e. The van der Waals surface area contributed by atoms with Crippen molar-refractivity contribution in [3.63, 3.8) is 0 Å². The smallest absolute Gasteiger partial charge is 0.309 e. The molecule has 1 N–H and O–H groups in total. The third-order valence-electron chi connectivity index (χ3n) is 6.81. The van der Waals surface area contributed by atoms with E-state index in [9.17, 15) is 27.1 Å². The molecule has 41 heavy (non-hydrogen) atoms. The number of rotatable bonds is 10.